The van der Waals surface area contributed by atoms with E-state index >= 15 is 0 Å². The van der Waals surface area contributed by atoms with Gasteiger partial charge in [-0.05, 0) is 90.9 Å². The highest BCUT2D eigenvalue weighted by atomic mass is 16.5. The SMILES string of the molecule is COc1cc2c(cc1OC)C(CN1CCN(C3CC4(CCNCC4)C3)[C@H](c3ccccc3C(C)C)C1)C2. The number of fused-ring (bicyclic) bond motifs is 1. The summed E-state index contributed by atoms with van der Waals surface area (Å²) in [6.45, 7) is 11.7. The standard InChI is InChI=1S/C32H45N3O2/c1-22(2)26-7-5-6-8-27(26)29-21-34(13-14-35(29)25-18-32(19-25)9-11-33-12-10-32)20-24-15-23-16-30(36-3)31(37-4)17-28(23)24/h5-8,16-17,22,24-25,29,33H,9-15,18-21H2,1-4H3/t24?,29-/m0/s1. The summed E-state index contributed by atoms with van der Waals surface area (Å²) in [4.78, 5) is 5.66. The maximum Gasteiger partial charge on any atom is 0.161 e. The summed E-state index contributed by atoms with van der Waals surface area (Å²) in [5, 5.41) is 3.58. The van der Waals surface area contributed by atoms with Gasteiger partial charge in [0.15, 0.2) is 11.5 Å². The lowest BCUT2D eigenvalue weighted by atomic mass is 9.60. The highest BCUT2D eigenvalue weighted by Gasteiger charge is 2.49. The van der Waals surface area contributed by atoms with Gasteiger partial charge in [-0.3, -0.25) is 9.80 Å². The molecule has 200 valence electrons. The van der Waals surface area contributed by atoms with E-state index in [4.69, 9.17) is 9.47 Å². The molecule has 6 rings (SSSR count). The van der Waals surface area contributed by atoms with Crippen molar-refractivity contribution in [3.05, 3.63) is 58.7 Å². The number of hydrogen-bond acceptors (Lipinski definition) is 5. The van der Waals surface area contributed by atoms with Crippen LogP contribution in [0.25, 0.3) is 0 Å². The van der Waals surface area contributed by atoms with Crippen LogP contribution in [0.1, 0.15) is 79.7 Å². The van der Waals surface area contributed by atoms with Crippen LogP contribution in [0.15, 0.2) is 36.4 Å². The zero-order valence-electron chi connectivity index (χ0n) is 23.3. The minimum absolute atomic E-state index is 0.487. The molecule has 1 spiro atoms. The number of piperazine rings is 1. The van der Waals surface area contributed by atoms with Gasteiger partial charge in [-0.2, -0.15) is 0 Å². The van der Waals surface area contributed by atoms with Crippen LogP contribution in [0, 0.1) is 5.41 Å². The van der Waals surface area contributed by atoms with Crippen LogP contribution >= 0.6 is 0 Å². The third-order valence-electron chi connectivity index (χ3n) is 9.98. The molecule has 5 nitrogen and oxygen atoms in total. The Kier molecular flexibility index (Phi) is 6.98. The van der Waals surface area contributed by atoms with Gasteiger partial charge in [-0.25, -0.2) is 0 Å². The second-order valence-electron chi connectivity index (χ2n) is 12.4. The summed E-state index contributed by atoms with van der Waals surface area (Å²) in [6.07, 6.45) is 6.67. The average molecular weight is 504 g/mol. The van der Waals surface area contributed by atoms with Gasteiger partial charge in [0, 0.05) is 44.2 Å². The van der Waals surface area contributed by atoms with E-state index in [1.165, 1.54) is 68.6 Å². The molecule has 1 unspecified atom stereocenters. The summed E-state index contributed by atoms with van der Waals surface area (Å²) < 4.78 is 11.1. The van der Waals surface area contributed by atoms with Gasteiger partial charge >= 0.3 is 0 Å². The van der Waals surface area contributed by atoms with E-state index in [0.29, 0.717) is 23.3 Å². The van der Waals surface area contributed by atoms with Crippen LogP contribution in [0.2, 0.25) is 0 Å². The van der Waals surface area contributed by atoms with Crippen LogP contribution in [0.4, 0.5) is 0 Å². The minimum atomic E-state index is 0.487. The zero-order chi connectivity index (χ0) is 25.6. The van der Waals surface area contributed by atoms with Crippen molar-refractivity contribution in [2.45, 2.75) is 69.9 Å². The number of hydrogen-bond donors (Lipinski definition) is 1. The predicted molar refractivity (Wildman–Crippen MR) is 150 cm³/mol. The van der Waals surface area contributed by atoms with Gasteiger partial charge < -0.3 is 14.8 Å². The summed E-state index contributed by atoms with van der Waals surface area (Å²) in [7, 11) is 3.46. The molecule has 5 heteroatoms. The Hall–Kier alpha value is -2.08. The van der Waals surface area contributed by atoms with Crippen LogP contribution in [-0.2, 0) is 6.42 Å². The quantitative estimate of drug-likeness (QED) is 0.551. The number of piperidine rings is 1. The van der Waals surface area contributed by atoms with Crippen LogP contribution in [-0.4, -0.2) is 69.3 Å². The molecule has 2 aliphatic carbocycles. The molecule has 2 aliphatic heterocycles. The number of benzene rings is 2. The Bertz CT molecular complexity index is 1100. The second-order valence-corrected chi connectivity index (χ2v) is 12.4. The predicted octanol–water partition coefficient (Wildman–Crippen LogP) is 5.36. The van der Waals surface area contributed by atoms with Crippen molar-refractivity contribution in [2.24, 2.45) is 5.41 Å². The third-order valence-corrected chi connectivity index (χ3v) is 9.98. The van der Waals surface area contributed by atoms with E-state index in [1.807, 2.05) is 0 Å². The summed E-state index contributed by atoms with van der Waals surface area (Å²) in [6, 6.07) is 14.9. The van der Waals surface area contributed by atoms with Crippen molar-refractivity contribution in [1.29, 1.82) is 0 Å². The fourth-order valence-electron chi connectivity index (χ4n) is 7.83. The first-order valence-corrected chi connectivity index (χ1v) is 14.5. The normalized spacial score (nSPS) is 26.0. The van der Waals surface area contributed by atoms with Gasteiger partial charge in [0.1, 0.15) is 0 Å². The topological polar surface area (TPSA) is 37.0 Å². The van der Waals surface area contributed by atoms with Crippen LogP contribution in [0.3, 0.4) is 0 Å². The van der Waals surface area contributed by atoms with Crippen molar-refractivity contribution < 1.29 is 9.47 Å². The minimum Gasteiger partial charge on any atom is -0.493 e. The van der Waals surface area contributed by atoms with E-state index in [9.17, 15) is 0 Å². The van der Waals surface area contributed by atoms with Crippen molar-refractivity contribution in [2.75, 3.05) is 53.5 Å². The molecule has 2 aromatic carbocycles. The fraction of sp³-hybridized carbons (Fsp3) is 0.625. The molecular weight excluding hydrogens is 458 g/mol. The second kappa shape index (κ2) is 10.2. The van der Waals surface area contributed by atoms with Crippen LogP contribution < -0.4 is 14.8 Å². The molecule has 2 aromatic rings. The van der Waals surface area contributed by atoms with Crippen molar-refractivity contribution in [3.8, 4) is 11.5 Å². The molecule has 2 saturated heterocycles. The van der Waals surface area contributed by atoms with E-state index in [-0.39, 0.29) is 0 Å². The Morgan fingerprint density at radius 3 is 2.43 bits per heavy atom. The van der Waals surface area contributed by atoms with Gasteiger partial charge in [-0.15, -0.1) is 0 Å². The maximum atomic E-state index is 5.61. The molecule has 0 aromatic heterocycles. The van der Waals surface area contributed by atoms with Crippen molar-refractivity contribution in [1.82, 2.24) is 15.1 Å². The average Bonchev–Trinajstić information content (AvgIpc) is 2.90. The number of nitrogens with zero attached hydrogens (tertiary/aromatic N) is 2. The maximum absolute atomic E-state index is 5.61. The molecule has 4 aliphatic rings. The highest BCUT2D eigenvalue weighted by Crippen LogP contribution is 2.52. The molecule has 2 atom stereocenters. The molecule has 0 bridgehead atoms. The lowest BCUT2D eigenvalue weighted by Crippen LogP contribution is -2.60. The van der Waals surface area contributed by atoms with E-state index in [1.54, 1.807) is 19.8 Å². The summed E-state index contributed by atoms with van der Waals surface area (Å²) in [5.41, 5.74) is 6.58. The van der Waals surface area contributed by atoms with E-state index in [0.717, 1.165) is 37.1 Å². The zero-order valence-corrected chi connectivity index (χ0v) is 23.3. The molecule has 1 N–H and O–H groups in total. The molecule has 2 heterocycles. The molecular formula is C32H45N3O2. The highest BCUT2D eigenvalue weighted by molar-refractivity contribution is 5.53. The van der Waals surface area contributed by atoms with Gasteiger partial charge in [0.25, 0.3) is 0 Å². The van der Waals surface area contributed by atoms with Gasteiger partial charge in [0.2, 0.25) is 0 Å². The lowest BCUT2D eigenvalue weighted by Gasteiger charge is -2.57. The first-order chi connectivity index (χ1) is 18.0. The molecule has 3 fully saturated rings. The third kappa shape index (κ3) is 4.68. The first kappa shape index (κ1) is 25.2. The summed E-state index contributed by atoms with van der Waals surface area (Å²) in [5.74, 6) is 2.85. The Morgan fingerprint density at radius 1 is 0.973 bits per heavy atom. The Labute approximate surface area is 223 Å². The molecule has 0 radical (unpaired) electrons. The molecule has 37 heavy (non-hydrogen) atoms. The fourth-order valence-corrected chi connectivity index (χ4v) is 7.83. The largest absolute Gasteiger partial charge is 0.493 e. The number of nitrogens with one attached hydrogen (secondary N) is 1. The Morgan fingerprint density at radius 2 is 1.70 bits per heavy atom. The summed E-state index contributed by atoms with van der Waals surface area (Å²) >= 11 is 0. The number of rotatable bonds is 7. The monoisotopic (exact) mass is 503 g/mol. The van der Waals surface area contributed by atoms with Crippen molar-refractivity contribution >= 4 is 0 Å². The smallest absolute Gasteiger partial charge is 0.161 e. The number of ether oxygens (including phenoxy) is 2. The molecule has 1 saturated carbocycles. The van der Waals surface area contributed by atoms with Crippen molar-refractivity contribution in [3.63, 3.8) is 0 Å². The van der Waals surface area contributed by atoms with Gasteiger partial charge in [-0.1, -0.05) is 38.1 Å². The van der Waals surface area contributed by atoms with Crippen LogP contribution in [0.5, 0.6) is 11.5 Å². The molecule has 0 amide bonds. The Balaban J connectivity index is 1.20. The lowest BCUT2D eigenvalue weighted by molar-refractivity contribution is -0.0647. The van der Waals surface area contributed by atoms with E-state index < -0.39 is 0 Å². The first-order valence-electron chi connectivity index (χ1n) is 14.5. The van der Waals surface area contributed by atoms with E-state index in [2.05, 4.69) is 65.4 Å². The van der Waals surface area contributed by atoms with Gasteiger partial charge in [0.05, 0.1) is 14.2 Å². The number of methoxy groups -OCH3 is 2.